The van der Waals surface area contributed by atoms with Crippen molar-refractivity contribution in [1.29, 1.82) is 0 Å². The molecule has 6 aliphatic carbocycles. The number of aromatic nitrogens is 15. The molecule has 0 bridgehead atoms. The molecule has 10 aromatic heterocycles. The predicted molar refractivity (Wildman–Crippen MR) is 467 cm³/mol. The Morgan fingerprint density at radius 1 is 0.458 bits per heavy atom. The minimum Gasteiger partial charge on any atom is -0.380 e. The highest BCUT2D eigenvalue weighted by Gasteiger charge is 2.38. The molecule has 0 aliphatic heterocycles. The largest absolute Gasteiger partial charge is 0.380 e. The zero-order valence-electron chi connectivity index (χ0n) is 68.9. The molecular weight excluding hydrogens is 1620 g/mol. The first-order valence-corrected chi connectivity index (χ1v) is 43.6. The number of imidazole rings is 5. The molecule has 0 unspecified atom stereocenters. The first-order chi connectivity index (χ1) is 56.2. The number of nitrogens with one attached hydrogen (secondary N) is 5. The van der Waals surface area contributed by atoms with Crippen LogP contribution in [0.2, 0.25) is 0 Å². The van der Waals surface area contributed by atoms with E-state index < -0.39 is 10.0 Å². The summed E-state index contributed by atoms with van der Waals surface area (Å²) in [6.07, 6.45) is 17.3. The Hall–Kier alpha value is -10.9. The molecule has 28 heteroatoms. The van der Waals surface area contributed by atoms with Gasteiger partial charge in [0.15, 0.2) is 11.6 Å². The summed E-state index contributed by atoms with van der Waals surface area (Å²) in [5, 5.41) is 23.7. The van der Waals surface area contributed by atoms with Gasteiger partial charge in [-0.3, -0.25) is 14.3 Å². The van der Waals surface area contributed by atoms with Crippen molar-refractivity contribution < 1.29 is 40.6 Å². The average Bonchev–Trinajstić information content (AvgIpc) is 1.61. The summed E-state index contributed by atoms with van der Waals surface area (Å²) >= 11 is 2.36. The van der Waals surface area contributed by atoms with Gasteiger partial charge in [-0.05, 0) is 270 Å². The number of aryl methyl sites for hydroxylation is 13. The molecule has 0 amide bonds. The van der Waals surface area contributed by atoms with Gasteiger partial charge >= 0.3 is 0 Å². The van der Waals surface area contributed by atoms with Crippen LogP contribution in [0.1, 0.15) is 255 Å². The molecule has 21 rings (SSSR count). The molecule has 6 saturated carbocycles. The van der Waals surface area contributed by atoms with Gasteiger partial charge in [0.25, 0.3) is 0 Å². The van der Waals surface area contributed by atoms with Crippen molar-refractivity contribution in [3.8, 4) is 55.6 Å². The Labute approximate surface area is 698 Å². The smallest absolute Gasteiger partial charge is 0.237 e. The van der Waals surface area contributed by atoms with Crippen molar-refractivity contribution in [1.82, 2.24) is 74.8 Å². The third-order valence-electron chi connectivity index (χ3n) is 23.5. The number of hydrogen-bond donors (Lipinski definition) is 5. The van der Waals surface area contributed by atoms with Crippen molar-refractivity contribution >= 4 is 111 Å². The van der Waals surface area contributed by atoms with Crippen LogP contribution in [0, 0.1) is 79.7 Å². The first kappa shape index (κ1) is 80.9. The highest BCUT2D eigenvalue weighted by molar-refractivity contribution is 14.1. The number of fused-ring (bicyclic) bond motifs is 5. The zero-order valence-corrected chi connectivity index (χ0v) is 71.9. The lowest BCUT2D eigenvalue weighted by atomic mass is 9.98. The molecule has 15 aromatic rings. The van der Waals surface area contributed by atoms with Gasteiger partial charge < -0.3 is 52.0 Å². The number of benzene rings is 5. The molecule has 10 heterocycles. The Bertz CT molecular complexity index is 6420. The maximum atomic E-state index is 12.6. The summed E-state index contributed by atoms with van der Waals surface area (Å²) in [7, 11) is 0.725. The highest BCUT2D eigenvalue weighted by atomic mass is 127. The summed E-state index contributed by atoms with van der Waals surface area (Å²) < 4.78 is 58.6. The topological polar surface area (TPSA) is 344 Å². The van der Waals surface area contributed by atoms with Crippen LogP contribution in [0.4, 0.5) is 11.6 Å². The van der Waals surface area contributed by atoms with E-state index in [1.165, 1.54) is 80.6 Å². The average molecular weight is 1720 g/mol. The molecular formula is C90H102IN17O9S. The van der Waals surface area contributed by atoms with Gasteiger partial charge in [0.2, 0.25) is 16.0 Å². The Kier molecular flexibility index (Phi) is 22.0. The molecule has 614 valence electrons. The second kappa shape index (κ2) is 32.1. The van der Waals surface area contributed by atoms with E-state index in [1.807, 2.05) is 128 Å². The normalized spacial score (nSPS) is 15.4. The van der Waals surface area contributed by atoms with Crippen molar-refractivity contribution in [2.75, 3.05) is 10.0 Å². The summed E-state index contributed by atoms with van der Waals surface area (Å²) in [6.45, 7) is 25.1. The summed E-state index contributed by atoms with van der Waals surface area (Å²) in [6, 6.07) is 21.3. The van der Waals surface area contributed by atoms with E-state index >= 15 is 0 Å². The van der Waals surface area contributed by atoms with Gasteiger partial charge in [-0.1, -0.05) is 59.9 Å². The standard InChI is InChI=1S/C20H24N4O.2C19H21N3O2.C16H18N4O3S.C15H14IN3O.CH4/c1-11-18(12(2)25-24-11)14-9-16(21-15-5-3-4-6-15)19-17(10-14)22-20(23-19)13-7-8-13;1-5-16(23)14-8-13(17-10(2)21-24-11(17)3)9-15-18(14)20-19(22(15)4)12-6-7-12;1-5-16(23)14-8-13(17-10(2)21-24-11(17)3)9-15-18(14)22(4)19(20-15)12-6-7-12;1-8-6-11(14-9(2)19-23-10(14)3)7-13-15(8)18-16(17-13)20-24(21,22)12-4-5-12;1-7-13(8(2)20-19-7)10-5-11(16)14-12(6-10)17-15(18-14)9-3-4-9;/h9-10,13,15,21H,3-8H2,1-2H3,(H,22,23);2*8-9,12H,5-7H2,1-4H3;6-7,12H,4-5H2,1-3H3,(H2,17,18,20);5-6,9H,3-4H2,1-2H3,(H,17,18);1H4. The monoisotopic (exact) mass is 1720 g/mol. The Morgan fingerprint density at radius 2 is 0.881 bits per heavy atom. The molecule has 0 saturated heterocycles. The lowest BCUT2D eigenvalue weighted by Crippen LogP contribution is -2.18. The van der Waals surface area contributed by atoms with Crippen molar-refractivity contribution in [3.63, 3.8) is 0 Å². The number of halogens is 1. The lowest BCUT2D eigenvalue weighted by molar-refractivity contribution is 0.0981. The van der Waals surface area contributed by atoms with Crippen molar-refractivity contribution in [3.05, 3.63) is 161 Å². The van der Waals surface area contributed by atoms with Gasteiger partial charge in [-0.25, -0.2) is 33.3 Å². The van der Waals surface area contributed by atoms with E-state index in [-0.39, 0.29) is 30.2 Å². The number of aromatic amines is 3. The second-order valence-electron chi connectivity index (χ2n) is 32.8. The summed E-state index contributed by atoms with van der Waals surface area (Å²) in [5.74, 6) is 11.3. The molecule has 118 heavy (non-hydrogen) atoms. The number of ketones is 2. The highest BCUT2D eigenvalue weighted by Crippen LogP contribution is 2.47. The zero-order chi connectivity index (χ0) is 81.9. The number of H-pyrrole nitrogens is 3. The Morgan fingerprint density at radius 3 is 1.35 bits per heavy atom. The van der Waals surface area contributed by atoms with Crippen LogP contribution in [0.3, 0.4) is 0 Å². The van der Waals surface area contributed by atoms with Crippen LogP contribution < -0.4 is 10.0 Å². The quantitative estimate of drug-likeness (QED) is 0.0393. The van der Waals surface area contributed by atoms with Crippen LogP contribution in [0.25, 0.3) is 111 Å². The van der Waals surface area contributed by atoms with E-state index in [1.54, 1.807) is 0 Å². The van der Waals surface area contributed by atoms with E-state index in [9.17, 15) is 18.0 Å². The molecule has 0 atom stereocenters. The van der Waals surface area contributed by atoms with Gasteiger partial charge in [0.1, 0.15) is 63.1 Å². The van der Waals surface area contributed by atoms with Gasteiger partial charge in [-0.2, -0.15) is 0 Å². The summed E-state index contributed by atoms with van der Waals surface area (Å²) in [4.78, 5) is 58.9. The van der Waals surface area contributed by atoms with Gasteiger partial charge in [0, 0.05) is 99.2 Å². The number of carbonyl (C=O) groups is 2. The molecule has 5 N–H and O–H groups in total. The fourth-order valence-corrected chi connectivity index (χ4v) is 18.8. The third-order valence-corrected chi connectivity index (χ3v) is 26.2. The van der Waals surface area contributed by atoms with Crippen LogP contribution in [0.5, 0.6) is 0 Å². The number of anilines is 2. The summed E-state index contributed by atoms with van der Waals surface area (Å²) in [5.41, 5.74) is 27.7. The fraction of sp³-hybridized carbons (Fsp3) is 0.422. The molecule has 6 aliphatic rings. The van der Waals surface area contributed by atoms with Crippen LogP contribution >= 0.6 is 22.6 Å². The number of rotatable bonds is 18. The number of Topliss-reactive ketones (excluding diaryl/α,β-unsaturated/α-hetero) is 2. The number of nitrogens with zero attached hydrogens (tertiary/aromatic N) is 12. The Balaban J connectivity index is 0.000000110. The maximum Gasteiger partial charge on any atom is 0.237 e. The van der Waals surface area contributed by atoms with E-state index in [4.69, 9.17) is 42.6 Å². The molecule has 6 fully saturated rings. The van der Waals surface area contributed by atoms with Crippen molar-refractivity contribution in [2.45, 2.75) is 235 Å². The maximum absolute atomic E-state index is 12.6. The molecule has 5 aromatic carbocycles. The van der Waals surface area contributed by atoms with Gasteiger partial charge in [-0.15, -0.1) is 0 Å². The van der Waals surface area contributed by atoms with E-state index in [0.29, 0.717) is 61.0 Å². The SMILES string of the molecule is C.CCC(=O)c1cc(-c2c(C)noc2C)cc2c1nc(C1CC1)n2C.CCC(=O)c1cc(-c2c(C)noc2C)cc2nc(C3CC3)n(C)c12.Cc1noc(C)c1-c1cc(C)c2nc(NS(=O)(=O)C3CC3)[nH]c2c1.Cc1noc(C)c1-c1cc(I)c2nc(C3CC3)[nH]c2c1.Cc1noc(C)c1-c1cc(NC2CCCC2)c2nc(C3CC3)[nH]c2c1. The third kappa shape index (κ3) is 16.0. The fourth-order valence-electron chi connectivity index (χ4n) is 16.8. The second-order valence-corrected chi connectivity index (χ2v) is 35.9. The molecule has 0 radical (unpaired) electrons. The van der Waals surface area contributed by atoms with E-state index in [2.05, 4.69) is 124 Å². The number of carbonyl (C=O) groups excluding carboxylic acids is 2. The molecule has 26 nitrogen and oxygen atoms in total. The first-order valence-electron chi connectivity index (χ1n) is 40.9. The van der Waals surface area contributed by atoms with Crippen LogP contribution in [-0.4, -0.2) is 106 Å². The minimum absolute atomic E-state index is 0. The van der Waals surface area contributed by atoms with Gasteiger partial charge in [0.05, 0.1) is 83.5 Å². The number of sulfonamides is 1. The van der Waals surface area contributed by atoms with E-state index in [0.717, 1.165) is 208 Å². The van der Waals surface area contributed by atoms with Crippen LogP contribution in [0.15, 0.2) is 83.3 Å². The van der Waals surface area contributed by atoms with Crippen molar-refractivity contribution in [2.24, 2.45) is 14.1 Å². The lowest BCUT2D eigenvalue weighted by Gasteiger charge is -2.15. The number of hydrogen-bond acceptors (Lipinski definition) is 20. The van der Waals surface area contributed by atoms with Crippen LogP contribution in [-0.2, 0) is 24.1 Å². The minimum atomic E-state index is -3.34. The predicted octanol–water partition coefficient (Wildman–Crippen LogP) is 21.7. The molecule has 0 spiro atoms.